The second-order valence-electron chi connectivity index (χ2n) is 6.82. The summed E-state index contributed by atoms with van der Waals surface area (Å²) in [4.78, 5) is 26.3. The number of fused-ring (bicyclic) bond motifs is 1. The lowest BCUT2D eigenvalue weighted by Crippen LogP contribution is -2.49. The number of rotatable bonds is 2. The lowest BCUT2D eigenvalue weighted by atomic mass is 9.85. The van der Waals surface area contributed by atoms with Gasteiger partial charge in [-0.15, -0.1) is 0 Å². The fraction of sp³-hybridized carbons (Fsp3) is 0.875. The minimum absolute atomic E-state index is 0.0228. The Morgan fingerprint density at radius 3 is 2.48 bits per heavy atom. The molecule has 0 radical (unpaired) electrons. The van der Waals surface area contributed by atoms with Crippen LogP contribution in [0.5, 0.6) is 0 Å². The Morgan fingerprint density at radius 1 is 1.10 bits per heavy atom. The van der Waals surface area contributed by atoms with E-state index in [2.05, 4.69) is 10.6 Å². The number of carbonyl (C=O) groups is 2. The van der Waals surface area contributed by atoms with Gasteiger partial charge in [0.15, 0.2) is 0 Å². The maximum Gasteiger partial charge on any atom is 0.239 e. The van der Waals surface area contributed by atoms with Crippen molar-refractivity contribution in [2.75, 3.05) is 20.1 Å². The average Bonchev–Trinajstić information content (AvgIpc) is 2.97. The Labute approximate surface area is 126 Å². The van der Waals surface area contributed by atoms with E-state index in [0.29, 0.717) is 12.0 Å². The Morgan fingerprint density at radius 2 is 1.81 bits per heavy atom. The molecule has 0 aromatic rings. The quantitative estimate of drug-likeness (QED) is 0.795. The van der Waals surface area contributed by atoms with Crippen molar-refractivity contribution in [1.82, 2.24) is 15.5 Å². The average molecular weight is 293 g/mol. The van der Waals surface area contributed by atoms with E-state index < -0.39 is 0 Å². The number of piperidine rings is 1. The third-order valence-corrected chi connectivity index (χ3v) is 5.58. The van der Waals surface area contributed by atoms with Crippen LogP contribution in [0.2, 0.25) is 0 Å². The lowest BCUT2D eigenvalue weighted by molar-refractivity contribution is -0.137. The molecule has 0 aromatic carbocycles. The van der Waals surface area contributed by atoms with Gasteiger partial charge in [0.1, 0.15) is 0 Å². The largest absolute Gasteiger partial charge is 0.359 e. The molecule has 3 atom stereocenters. The van der Waals surface area contributed by atoms with E-state index in [1.807, 2.05) is 4.90 Å². The van der Waals surface area contributed by atoms with Crippen molar-refractivity contribution in [3.05, 3.63) is 0 Å². The molecule has 3 rings (SSSR count). The molecule has 3 unspecified atom stereocenters. The van der Waals surface area contributed by atoms with Gasteiger partial charge in [0.25, 0.3) is 0 Å². The van der Waals surface area contributed by atoms with Crippen molar-refractivity contribution in [3.8, 4) is 0 Å². The van der Waals surface area contributed by atoms with E-state index >= 15 is 0 Å². The Bertz CT molecular complexity index is 390. The summed E-state index contributed by atoms with van der Waals surface area (Å²) in [6.45, 7) is 1.45. The molecule has 1 saturated carbocycles. The molecule has 21 heavy (non-hydrogen) atoms. The molecule has 0 aromatic heterocycles. The molecule has 3 aliphatic rings. The normalized spacial score (nSPS) is 33.6. The molecule has 3 fully saturated rings. The van der Waals surface area contributed by atoms with Crippen LogP contribution in [0.15, 0.2) is 0 Å². The highest BCUT2D eigenvalue weighted by atomic mass is 16.2. The summed E-state index contributed by atoms with van der Waals surface area (Å²) >= 11 is 0. The predicted octanol–water partition coefficient (Wildman–Crippen LogP) is 0.892. The van der Waals surface area contributed by atoms with E-state index in [9.17, 15) is 9.59 Å². The third kappa shape index (κ3) is 3.07. The molecule has 0 spiro atoms. The number of nitrogens with zero attached hydrogens (tertiary/aromatic N) is 1. The monoisotopic (exact) mass is 293 g/mol. The zero-order valence-electron chi connectivity index (χ0n) is 12.9. The molecule has 5 heteroatoms. The van der Waals surface area contributed by atoms with Crippen LogP contribution in [-0.2, 0) is 9.59 Å². The number of hydrogen-bond acceptors (Lipinski definition) is 3. The summed E-state index contributed by atoms with van der Waals surface area (Å²) in [5.74, 6) is 1.17. The maximum absolute atomic E-state index is 12.7. The molecule has 5 nitrogen and oxygen atoms in total. The van der Waals surface area contributed by atoms with Gasteiger partial charge in [-0.2, -0.15) is 0 Å². The fourth-order valence-electron chi connectivity index (χ4n) is 4.30. The van der Waals surface area contributed by atoms with Crippen molar-refractivity contribution < 1.29 is 9.59 Å². The third-order valence-electron chi connectivity index (χ3n) is 5.58. The highest BCUT2D eigenvalue weighted by Crippen LogP contribution is 2.34. The van der Waals surface area contributed by atoms with Crippen LogP contribution in [0.1, 0.15) is 44.9 Å². The van der Waals surface area contributed by atoms with Crippen LogP contribution in [0, 0.1) is 11.8 Å². The summed E-state index contributed by atoms with van der Waals surface area (Å²) in [6, 6.07) is 0.589. The van der Waals surface area contributed by atoms with Crippen LogP contribution in [0.3, 0.4) is 0 Å². The topological polar surface area (TPSA) is 61.4 Å². The van der Waals surface area contributed by atoms with Gasteiger partial charge in [-0.05, 0) is 38.0 Å². The van der Waals surface area contributed by atoms with Gasteiger partial charge in [-0.1, -0.05) is 12.8 Å². The first-order chi connectivity index (χ1) is 10.2. The van der Waals surface area contributed by atoms with Crippen LogP contribution in [-0.4, -0.2) is 48.9 Å². The lowest BCUT2D eigenvalue weighted by Gasteiger charge is -2.33. The molecule has 118 valence electrons. The predicted molar refractivity (Wildman–Crippen MR) is 80.7 cm³/mol. The number of hydrogen-bond donors (Lipinski definition) is 2. The van der Waals surface area contributed by atoms with Crippen LogP contribution in [0.25, 0.3) is 0 Å². The summed E-state index contributed by atoms with van der Waals surface area (Å²) in [6.07, 6.45) is 7.73. The Hall–Kier alpha value is -1.10. The number of carbonyl (C=O) groups excluding carboxylic acids is 2. The number of amides is 2. The molecule has 2 amide bonds. The van der Waals surface area contributed by atoms with Crippen LogP contribution < -0.4 is 10.6 Å². The van der Waals surface area contributed by atoms with Crippen molar-refractivity contribution >= 4 is 11.8 Å². The first-order valence-electron chi connectivity index (χ1n) is 8.45. The van der Waals surface area contributed by atoms with Crippen molar-refractivity contribution in [3.63, 3.8) is 0 Å². The number of likely N-dealkylation sites (tertiary alicyclic amines) is 1. The second kappa shape index (κ2) is 6.34. The maximum atomic E-state index is 12.7. The van der Waals surface area contributed by atoms with Gasteiger partial charge in [-0.25, -0.2) is 0 Å². The minimum Gasteiger partial charge on any atom is -0.359 e. The van der Waals surface area contributed by atoms with Crippen LogP contribution in [0.4, 0.5) is 0 Å². The first kappa shape index (κ1) is 14.8. The second-order valence-corrected chi connectivity index (χ2v) is 6.82. The van der Waals surface area contributed by atoms with Crippen molar-refractivity contribution in [2.45, 2.75) is 57.0 Å². The zero-order chi connectivity index (χ0) is 14.8. The molecular formula is C16H27N3O2. The highest BCUT2D eigenvalue weighted by molar-refractivity contribution is 5.83. The van der Waals surface area contributed by atoms with Crippen molar-refractivity contribution in [1.29, 1.82) is 0 Å². The van der Waals surface area contributed by atoms with E-state index in [4.69, 9.17) is 0 Å². The van der Waals surface area contributed by atoms with Gasteiger partial charge < -0.3 is 15.5 Å². The molecule has 2 aliphatic heterocycles. The van der Waals surface area contributed by atoms with E-state index in [1.54, 1.807) is 7.05 Å². The van der Waals surface area contributed by atoms with Gasteiger partial charge in [0, 0.05) is 32.1 Å². The van der Waals surface area contributed by atoms with Crippen molar-refractivity contribution in [2.24, 2.45) is 11.8 Å². The SMILES string of the molecule is CNC(=O)C1CCN(C(=O)C2CC3CCCCC3N2)CC1. The number of nitrogens with one attached hydrogen (secondary N) is 2. The van der Waals surface area contributed by atoms with Gasteiger partial charge >= 0.3 is 0 Å². The fourth-order valence-corrected chi connectivity index (χ4v) is 4.30. The highest BCUT2D eigenvalue weighted by Gasteiger charge is 2.40. The van der Waals surface area contributed by atoms with Gasteiger partial charge in [-0.3, -0.25) is 9.59 Å². The Balaban J connectivity index is 1.51. The molecule has 0 bridgehead atoms. The molecule has 1 aliphatic carbocycles. The standard InChI is InChI=1S/C16H27N3O2/c1-17-15(20)11-6-8-19(9-7-11)16(21)14-10-12-4-2-3-5-13(12)18-14/h11-14,18H,2-10H2,1H3,(H,17,20). The zero-order valence-corrected chi connectivity index (χ0v) is 12.9. The van der Waals surface area contributed by atoms with E-state index in [0.717, 1.165) is 32.4 Å². The van der Waals surface area contributed by atoms with Gasteiger partial charge in [0.05, 0.1) is 6.04 Å². The molecule has 2 saturated heterocycles. The van der Waals surface area contributed by atoms with E-state index in [1.165, 1.54) is 25.7 Å². The molecular weight excluding hydrogens is 266 g/mol. The molecule has 2 heterocycles. The summed E-state index contributed by atoms with van der Waals surface area (Å²) < 4.78 is 0. The Kier molecular flexibility index (Phi) is 4.48. The minimum atomic E-state index is 0.0228. The first-order valence-corrected chi connectivity index (χ1v) is 8.45. The summed E-state index contributed by atoms with van der Waals surface area (Å²) in [5, 5.41) is 6.28. The van der Waals surface area contributed by atoms with Gasteiger partial charge in [0.2, 0.25) is 11.8 Å². The summed E-state index contributed by atoms with van der Waals surface area (Å²) in [7, 11) is 1.68. The smallest absolute Gasteiger partial charge is 0.239 e. The summed E-state index contributed by atoms with van der Waals surface area (Å²) in [5.41, 5.74) is 0. The van der Waals surface area contributed by atoms with Crippen LogP contribution >= 0.6 is 0 Å². The molecule has 2 N–H and O–H groups in total. The van der Waals surface area contributed by atoms with E-state index in [-0.39, 0.29) is 23.8 Å².